The van der Waals surface area contributed by atoms with E-state index in [1.165, 1.54) is 11.3 Å². The van der Waals surface area contributed by atoms with Crippen molar-refractivity contribution in [3.05, 3.63) is 58.9 Å². The van der Waals surface area contributed by atoms with E-state index in [2.05, 4.69) is 62.9 Å². The van der Waals surface area contributed by atoms with Crippen LogP contribution in [0.2, 0.25) is 0 Å². The maximum absolute atomic E-state index is 12.1. The van der Waals surface area contributed by atoms with Crippen LogP contribution in [0.15, 0.2) is 42.1 Å². The molecule has 180 valence electrons. The molecule has 2 amide bonds. The predicted octanol–water partition coefficient (Wildman–Crippen LogP) is 2.08. The van der Waals surface area contributed by atoms with Crippen LogP contribution in [0.1, 0.15) is 36.1 Å². The smallest absolute Gasteiger partial charge is 0.254 e. The van der Waals surface area contributed by atoms with Crippen molar-refractivity contribution in [1.29, 1.82) is 0 Å². The molecule has 3 aliphatic rings. The summed E-state index contributed by atoms with van der Waals surface area (Å²) in [6, 6.07) is 11.3. The quantitative estimate of drug-likeness (QED) is 0.420. The van der Waals surface area contributed by atoms with Gasteiger partial charge in [0.2, 0.25) is 5.91 Å². The summed E-state index contributed by atoms with van der Waals surface area (Å²) in [5.74, 6) is 0.280. The van der Waals surface area contributed by atoms with Gasteiger partial charge in [-0.25, -0.2) is 4.98 Å². The minimum Gasteiger partial charge on any atom is -0.369 e. The fraction of sp³-hybridized carbons (Fsp3) is 0.385. The molecule has 4 heterocycles. The molecule has 3 aromatic rings. The molecule has 0 unspecified atom stereocenters. The molecule has 9 heteroatoms. The lowest BCUT2D eigenvalue weighted by atomic mass is 10.1. The first kappa shape index (κ1) is 21.8. The van der Waals surface area contributed by atoms with Gasteiger partial charge in [0, 0.05) is 61.5 Å². The number of aromatic nitrogens is 3. The summed E-state index contributed by atoms with van der Waals surface area (Å²) in [7, 11) is 2.17. The van der Waals surface area contributed by atoms with Gasteiger partial charge in [0.05, 0.1) is 18.3 Å². The highest BCUT2D eigenvalue weighted by Crippen LogP contribution is 2.28. The van der Waals surface area contributed by atoms with Gasteiger partial charge in [-0.2, -0.15) is 9.61 Å². The summed E-state index contributed by atoms with van der Waals surface area (Å²) in [6.45, 7) is 4.27. The molecule has 2 saturated heterocycles. The van der Waals surface area contributed by atoms with Crippen LogP contribution in [0.4, 0.5) is 11.5 Å². The topological polar surface area (TPSA) is 94.9 Å². The zero-order chi connectivity index (χ0) is 23.9. The molecule has 0 spiro atoms. The van der Waals surface area contributed by atoms with Gasteiger partial charge in [-0.3, -0.25) is 14.9 Å². The Morgan fingerprint density at radius 3 is 2.57 bits per heavy atom. The SMILES string of the molecule is CN1CCN(c2ccc(Cc3cc(NC4CC4)n4ncc(/C=C5\CC(=O)NC5=O)c4n3)cc2)CC1. The number of anilines is 2. The molecule has 1 aliphatic carbocycles. The van der Waals surface area contributed by atoms with Crippen molar-refractivity contribution in [2.45, 2.75) is 31.7 Å². The number of imide groups is 1. The third-order valence-corrected chi connectivity index (χ3v) is 6.90. The van der Waals surface area contributed by atoms with Gasteiger partial charge < -0.3 is 15.1 Å². The Labute approximate surface area is 203 Å². The number of likely N-dealkylation sites (N-methyl/N-ethyl adjacent to an activating group) is 1. The van der Waals surface area contributed by atoms with Crippen molar-refractivity contribution in [3.63, 3.8) is 0 Å². The molecule has 2 aliphatic heterocycles. The first-order chi connectivity index (χ1) is 17.0. The number of hydrogen-bond acceptors (Lipinski definition) is 7. The van der Waals surface area contributed by atoms with Crippen LogP contribution in [-0.2, 0) is 16.0 Å². The van der Waals surface area contributed by atoms with Gasteiger partial charge in [-0.1, -0.05) is 12.1 Å². The Kier molecular flexibility index (Phi) is 5.49. The Bertz CT molecular complexity index is 1320. The molecule has 0 bridgehead atoms. The van der Waals surface area contributed by atoms with Crippen molar-refractivity contribution in [2.24, 2.45) is 0 Å². The van der Waals surface area contributed by atoms with E-state index >= 15 is 0 Å². The molecule has 2 aromatic heterocycles. The number of piperazine rings is 1. The molecule has 9 nitrogen and oxygen atoms in total. The third-order valence-electron chi connectivity index (χ3n) is 6.90. The van der Waals surface area contributed by atoms with Crippen LogP contribution >= 0.6 is 0 Å². The number of fused-ring (bicyclic) bond motifs is 1. The molecule has 0 radical (unpaired) electrons. The zero-order valence-corrected chi connectivity index (χ0v) is 19.8. The normalized spacial score (nSPS) is 20.1. The molecule has 1 saturated carbocycles. The summed E-state index contributed by atoms with van der Waals surface area (Å²) in [4.78, 5) is 33.4. The fourth-order valence-electron chi connectivity index (χ4n) is 4.67. The van der Waals surface area contributed by atoms with Gasteiger partial charge in [0.25, 0.3) is 5.91 Å². The number of hydrogen-bond donors (Lipinski definition) is 2. The Morgan fingerprint density at radius 2 is 1.89 bits per heavy atom. The van der Waals surface area contributed by atoms with Crippen molar-refractivity contribution in [3.8, 4) is 0 Å². The molecule has 0 atom stereocenters. The summed E-state index contributed by atoms with van der Waals surface area (Å²) in [5, 5.41) is 10.4. The Morgan fingerprint density at radius 1 is 1.11 bits per heavy atom. The number of nitrogens with zero attached hydrogens (tertiary/aromatic N) is 5. The first-order valence-corrected chi connectivity index (χ1v) is 12.2. The van der Waals surface area contributed by atoms with Crippen molar-refractivity contribution in [2.75, 3.05) is 43.4 Å². The van der Waals surface area contributed by atoms with E-state index in [9.17, 15) is 9.59 Å². The van der Waals surface area contributed by atoms with Gasteiger partial charge in [0.1, 0.15) is 5.82 Å². The number of amides is 2. The highest BCUT2D eigenvalue weighted by Gasteiger charge is 2.26. The fourth-order valence-corrected chi connectivity index (χ4v) is 4.67. The lowest BCUT2D eigenvalue weighted by molar-refractivity contribution is -0.124. The predicted molar refractivity (Wildman–Crippen MR) is 134 cm³/mol. The molecule has 35 heavy (non-hydrogen) atoms. The third kappa shape index (κ3) is 4.64. The van der Waals surface area contributed by atoms with E-state index < -0.39 is 0 Å². The van der Waals surface area contributed by atoms with E-state index in [4.69, 9.17) is 4.98 Å². The summed E-state index contributed by atoms with van der Waals surface area (Å²) >= 11 is 0. The lowest BCUT2D eigenvalue weighted by Crippen LogP contribution is -2.44. The number of carbonyl (C=O) groups excluding carboxylic acids is 2. The summed E-state index contributed by atoms with van der Waals surface area (Å²) < 4.78 is 1.79. The molecule has 3 fully saturated rings. The second-order valence-electron chi connectivity index (χ2n) is 9.74. The van der Waals surface area contributed by atoms with Crippen LogP contribution in [-0.4, -0.2) is 70.6 Å². The molecular formula is C26H29N7O2. The van der Waals surface area contributed by atoms with E-state index in [0.29, 0.717) is 23.7 Å². The van der Waals surface area contributed by atoms with Crippen LogP contribution in [0.3, 0.4) is 0 Å². The van der Waals surface area contributed by atoms with E-state index in [1.807, 2.05) is 0 Å². The minimum atomic E-state index is -0.345. The van der Waals surface area contributed by atoms with Crippen LogP contribution in [0, 0.1) is 0 Å². The highest BCUT2D eigenvalue weighted by molar-refractivity contribution is 6.15. The molecule has 6 rings (SSSR count). The maximum Gasteiger partial charge on any atom is 0.254 e. The Hall–Kier alpha value is -3.72. The number of carbonyl (C=O) groups is 2. The minimum absolute atomic E-state index is 0.0860. The van der Waals surface area contributed by atoms with Crippen LogP contribution < -0.4 is 15.5 Å². The van der Waals surface area contributed by atoms with Crippen LogP contribution in [0.5, 0.6) is 0 Å². The van der Waals surface area contributed by atoms with Gasteiger partial charge in [-0.05, 0) is 43.7 Å². The second-order valence-corrected chi connectivity index (χ2v) is 9.74. The average Bonchev–Trinajstić information content (AvgIpc) is 3.48. The van der Waals surface area contributed by atoms with Crippen molar-refractivity contribution >= 4 is 35.0 Å². The zero-order valence-electron chi connectivity index (χ0n) is 19.8. The second kappa shape index (κ2) is 8.81. The monoisotopic (exact) mass is 471 g/mol. The number of benzene rings is 1. The first-order valence-electron chi connectivity index (χ1n) is 12.2. The van der Waals surface area contributed by atoms with Crippen molar-refractivity contribution < 1.29 is 9.59 Å². The van der Waals surface area contributed by atoms with E-state index in [0.717, 1.165) is 56.1 Å². The number of rotatable bonds is 6. The van der Waals surface area contributed by atoms with E-state index in [1.54, 1.807) is 16.8 Å². The molecule has 2 N–H and O–H groups in total. The van der Waals surface area contributed by atoms with Gasteiger partial charge in [-0.15, -0.1) is 0 Å². The lowest BCUT2D eigenvalue weighted by Gasteiger charge is -2.34. The maximum atomic E-state index is 12.1. The molecule has 1 aromatic carbocycles. The largest absolute Gasteiger partial charge is 0.369 e. The number of nitrogens with one attached hydrogen (secondary N) is 2. The van der Waals surface area contributed by atoms with Gasteiger partial charge in [0.15, 0.2) is 5.65 Å². The highest BCUT2D eigenvalue weighted by atomic mass is 16.2. The summed E-state index contributed by atoms with van der Waals surface area (Å²) in [6.07, 6.45) is 6.51. The Balaban J connectivity index is 1.29. The molecular weight excluding hydrogens is 442 g/mol. The standard InChI is InChI=1S/C26H29N7O2/c1-31-8-10-32(11-9-31)22-6-2-17(3-7-22)12-21-15-23(28-20-4-5-20)33-25(29-21)19(16-27-33)13-18-14-24(34)30-26(18)35/h2-3,6-7,13,15-16,20,28H,4-5,8-12,14H2,1H3,(H,30,34,35)/b18-13+. The van der Waals surface area contributed by atoms with Crippen LogP contribution in [0.25, 0.3) is 11.7 Å². The summed E-state index contributed by atoms with van der Waals surface area (Å²) in [5.41, 5.74) is 5.23. The van der Waals surface area contributed by atoms with Gasteiger partial charge >= 0.3 is 0 Å². The van der Waals surface area contributed by atoms with Crippen molar-refractivity contribution in [1.82, 2.24) is 24.8 Å². The average molecular weight is 472 g/mol. The van der Waals surface area contributed by atoms with E-state index in [-0.39, 0.29) is 18.2 Å².